The second kappa shape index (κ2) is 6.25. The Labute approximate surface area is 122 Å². The van der Waals surface area contributed by atoms with Crippen molar-refractivity contribution in [1.29, 1.82) is 0 Å². The van der Waals surface area contributed by atoms with Crippen LogP contribution < -0.4 is 11.3 Å². The summed E-state index contributed by atoms with van der Waals surface area (Å²) in [6.45, 7) is 6.59. The predicted molar refractivity (Wildman–Crippen MR) is 83.4 cm³/mol. The zero-order chi connectivity index (χ0) is 14.8. The Morgan fingerprint density at radius 2 is 2.10 bits per heavy atom. The number of hydrazine groups is 1. The number of ether oxygens (including phenoxy) is 1. The molecule has 112 valence electrons. The van der Waals surface area contributed by atoms with Crippen LogP contribution in [-0.2, 0) is 4.74 Å². The molecule has 0 amide bonds. The highest BCUT2D eigenvalue weighted by Gasteiger charge is 2.42. The number of methoxy groups -OCH3 is 1. The second-order valence-corrected chi connectivity index (χ2v) is 6.41. The maximum Gasteiger partial charge on any atom is 0.0888 e. The maximum absolute atomic E-state index is 5.98. The van der Waals surface area contributed by atoms with Crippen LogP contribution in [-0.4, -0.2) is 12.7 Å². The fraction of sp³-hybridized carbons (Fsp3) is 0.647. The molecular weight excluding hydrogens is 248 g/mol. The molecule has 2 rings (SSSR count). The number of benzene rings is 1. The summed E-state index contributed by atoms with van der Waals surface area (Å²) in [5.74, 6) is 6.59. The normalized spacial score (nSPS) is 28.4. The topological polar surface area (TPSA) is 47.3 Å². The number of rotatable bonds is 4. The van der Waals surface area contributed by atoms with Crippen LogP contribution in [0.4, 0.5) is 0 Å². The number of nitrogens with two attached hydrogens (primary N) is 1. The third-order valence-corrected chi connectivity index (χ3v) is 4.95. The SMILES string of the molecule is COC1(C(NN)c2ccc(C)c(C)c2)CCCC(C)C1. The maximum atomic E-state index is 5.98. The van der Waals surface area contributed by atoms with E-state index in [-0.39, 0.29) is 11.6 Å². The van der Waals surface area contributed by atoms with Gasteiger partial charge in [0.05, 0.1) is 11.6 Å². The minimum absolute atomic E-state index is 0.0505. The highest BCUT2D eigenvalue weighted by Crippen LogP contribution is 2.43. The molecule has 3 heteroatoms. The molecule has 1 saturated carbocycles. The lowest BCUT2D eigenvalue weighted by molar-refractivity contribution is -0.0806. The van der Waals surface area contributed by atoms with Crippen LogP contribution in [0.3, 0.4) is 0 Å². The first-order chi connectivity index (χ1) is 9.52. The summed E-state index contributed by atoms with van der Waals surface area (Å²) < 4.78 is 5.98. The summed E-state index contributed by atoms with van der Waals surface area (Å²) in [7, 11) is 1.82. The summed E-state index contributed by atoms with van der Waals surface area (Å²) in [4.78, 5) is 0. The van der Waals surface area contributed by atoms with Gasteiger partial charge in [0.25, 0.3) is 0 Å². The molecular formula is C17H28N2O. The van der Waals surface area contributed by atoms with E-state index in [1.54, 1.807) is 0 Å². The molecule has 1 aromatic rings. The van der Waals surface area contributed by atoms with E-state index in [2.05, 4.69) is 44.4 Å². The number of hydrogen-bond donors (Lipinski definition) is 2. The average molecular weight is 276 g/mol. The van der Waals surface area contributed by atoms with E-state index < -0.39 is 0 Å². The first-order valence-corrected chi connectivity index (χ1v) is 7.61. The highest BCUT2D eigenvalue weighted by molar-refractivity contribution is 5.33. The van der Waals surface area contributed by atoms with Gasteiger partial charge in [-0.05, 0) is 49.3 Å². The van der Waals surface area contributed by atoms with Crippen LogP contribution in [0, 0.1) is 19.8 Å². The van der Waals surface area contributed by atoms with Gasteiger partial charge in [-0.15, -0.1) is 0 Å². The Kier molecular flexibility index (Phi) is 4.84. The number of nitrogens with one attached hydrogen (secondary N) is 1. The van der Waals surface area contributed by atoms with Crippen LogP contribution in [0.1, 0.15) is 55.3 Å². The molecule has 0 aromatic heterocycles. The van der Waals surface area contributed by atoms with E-state index >= 15 is 0 Å². The molecule has 20 heavy (non-hydrogen) atoms. The smallest absolute Gasteiger partial charge is 0.0888 e. The van der Waals surface area contributed by atoms with Crippen molar-refractivity contribution < 1.29 is 4.74 Å². The monoisotopic (exact) mass is 276 g/mol. The van der Waals surface area contributed by atoms with Crippen molar-refractivity contribution in [2.24, 2.45) is 11.8 Å². The molecule has 0 heterocycles. The Morgan fingerprint density at radius 3 is 2.65 bits per heavy atom. The van der Waals surface area contributed by atoms with Gasteiger partial charge in [0.1, 0.15) is 0 Å². The van der Waals surface area contributed by atoms with E-state index in [1.165, 1.54) is 29.5 Å². The van der Waals surface area contributed by atoms with Gasteiger partial charge in [-0.25, -0.2) is 0 Å². The van der Waals surface area contributed by atoms with Gasteiger partial charge in [-0.1, -0.05) is 38.0 Å². The molecule has 1 fully saturated rings. The fourth-order valence-electron chi connectivity index (χ4n) is 3.61. The van der Waals surface area contributed by atoms with Crippen LogP contribution in [0.5, 0.6) is 0 Å². The third kappa shape index (κ3) is 2.90. The van der Waals surface area contributed by atoms with E-state index in [1.807, 2.05) is 7.11 Å². The molecule has 1 aliphatic rings. The van der Waals surface area contributed by atoms with Gasteiger partial charge in [0, 0.05) is 7.11 Å². The first kappa shape index (κ1) is 15.5. The first-order valence-electron chi connectivity index (χ1n) is 7.61. The minimum atomic E-state index is -0.186. The molecule has 0 spiro atoms. The summed E-state index contributed by atoms with van der Waals surface area (Å²) in [6.07, 6.45) is 4.62. The number of aryl methyl sites for hydroxylation is 2. The average Bonchev–Trinajstić information content (AvgIpc) is 2.43. The van der Waals surface area contributed by atoms with Crippen molar-refractivity contribution in [2.45, 2.75) is 58.1 Å². The molecule has 3 atom stereocenters. The van der Waals surface area contributed by atoms with Crippen molar-refractivity contribution in [1.82, 2.24) is 5.43 Å². The standard InChI is InChI=1S/C17H28N2O/c1-12-6-5-9-17(11-12,20-4)16(19-18)15-8-7-13(2)14(3)10-15/h7-8,10,12,16,19H,5-6,9,11,18H2,1-4H3. The molecule has 0 bridgehead atoms. The lowest BCUT2D eigenvalue weighted by atomic mass is 9.72. The predicted octanol–water partition coefficient (Wildman–Crippen LogP) is 3.40. The summed E-state index contributed by atoms with van der Waals surface area (Å²) >= 11 is 0. The van der Waals surface area contributed by atoms with Crippen LogP contribution in [0.25, 0.3) is 0 Å². The zero-order valence-electron chi connectivity index (χ0n) is 13.2. The highest BCUT2D eigenvalue weighted by atomic mass is 16.5. The Hall–Kier alpha value is -0.900. The summed E-state index contributed by atoms with van der Waals surface area (Å²) in [6, 6.07) is 6.63. The number of hydrogen-bond acceptors (Lipinski definition) is 3. The summed E-state index contributed by atoms with van der Waals surface area (Å²) in [5, 5.41) is 0. The van der Waals surface area contributed by atoms with E-state index in [0.29, 0.717) is 5.92 Å². The fourth-order valence-corrected chi connectivity index (χ4v) is 3.61. The second-order valence-electron chi connectivity index (χ2n) is 6.41. The van der Waals surface area contributed by atoms with Crippen molar-refractivity contribution in [3.63, 3.8) is 0 Å². The Balaban J connectivity index is 2.35. The quantitative estimate of drug-likeness (QED) is 0.654. The molecule has 1 aromatic carbocycles. The summed E-state index contributed by atoms with van der Waals surface area (Å²) in [5.41, 5.74) is 6.68. The van der Waals surface area contributed by atoms with Gasteiger partial charge in [0.15, 0.2) is 0 Å². The van der Waals surface area contributed by atoms with Crippen LogP contribution in [0.2, 0.25) is 0 Å². The third-order valence-electron chi connectivity index (χ3n) is 4.95. The molecule has 0 aliphatic heterocycles. The van der Waals surface area contributed by atoms with Gasteiger partial charge >= 0.3 is 0 Å². The molecule has 1 aliphatic carbocycles. The van der Waals surface area contributed by atoms with Gasteiger partial charge < -0.3 is 4.74 Å². The van der Waals surface area contributed by atoms with Crippen molar-refractivity contribution in [3.8, 4) is 0 Å². The van der Waals surface area contributed by atoms with Crippen LogP contribution >= 0.6 is 0 Å². The van der Waals surface area contributed by atoms with Crippen molar-refractivity contribution in [3.05, 3.63) is 34.9 Å². The lowest BCUT2D eigenvalue weighted by Crippen LogP contribution is -2.50. The Bertz CT molecular complexity index is 460. The largest absolute Gasteiger partial charge is 0.376 e. The van der Waals surface area contributed by atoms with E-state index in [0.717, 1.165) is 12.8 Å². The van der Waals surface area contributed by atoms with E-state index in [4.69, 9.17) is 10.6 Å². The molecule has 3 N–H and O–H groups in total. The molecule has 0 saturated heterocycles. The Morgan fingerprint density at radius 1 is 1.35 bits per heavy atom. The van der Waals surface area contributed by atoms with Crippen LogP contribution in [0.15, 0.2) is 18.2 Å². The van der Waals surface area contributed by atoms with Crippen molar-refractivity contribution in [2.75, 3.05) is 7.11 Å². The lowest BCUT2D eigenvalue weighted by Gasteiger charge is -2.44. The van der Waals surface area contributed by atoms with Gasteiger partial charge in [-0.2, -0.15) is 0 Å². The van der Waals surface area contributed by atoms with Gasteiger partial charge in [0.2, 0.25) is 0 Å². The molecule has 3 nitrogen and oxygen atoms in total. The van der Waals surface area contributed by atoms with E-state index in [9.17, 15) is 0 Å². The van der Waals surface area contributed by atoms with Gasteiger partial charge in [-0.3, -0.25) is 11.3 Å². The molecule has 3 unspecified atom stereocenters. The van der Waals surface area contributed by atoms with Crippen molar-refractivity contribution >= 4 is 0 Å². The minimum Gasteiger partial charge on any atom is -0.376 e. The zero-order valence-corrected chi connectivity index (χ0v) is 13.2. The molecule has 0 radical (unpaired) electrons.